The molecule has 0 aliphatic rings. The number of halogens is 3. The molecule has 0 spiro atoms. The second-order valence-corrected chi connectivity index (χ2v) is 11.9. The first-order chi connectivity index (χ1) is 21.3. The number of allylic oxidation sites excluding steroid dienone is 1. The molecule has 4 N–H and O–H groups in total. The Labute approximate surface area is 283 Å². The summed E-state index contributed by atoms with van der Waals surface area (Å²) in [7, 11) is 0. The van der Waals surface area contributed by atoms with E-state index < -0.39 is 11.9 Å². The quantitative estimate of drug-likeness (QED) is 0.0867. The van der Waals surface area contributed by atoms with Gasteiger partial charge in [-0.3, -0.25) is 9.59 Å². The summed E-state index contributed by atoms with van der Waals surface area (Å²) in [6, 6.07) is 16.6. The van der Waals surface area contributed by atoms with E-state index in [1.54, 1.807) is 42.7 Å². The van der Waals surface area contributed by atoms with Crippen molar-refractivity contribution in [3.8, 4) is 5.75 Å². The van der Waals surface area contributed by atoms with Gasteiger partial charge >= 0.3 is 0 Å². The van der Waals surface area contributed by atoms with E-state index in [9.17, 15) is 9.59 Å². The Hall–Kier alpha value is -3.82. The molecule has 1 unspecified atom stereocenters. The largest absolute Gasteiger partial charge is 0.488 e. The number of amides is 1. The summed E-state index contributed by atoms with van der Waals surface area (Å²) in [5.74, 6) is 0.638. The number of furan rings is 1. The van der Waals surface area contributed by atoms with Crippen LogP contribution in [0.25, 0.3) is 0 Å². The molecule has 236 valence electrons. The van der Waals surface area contributed by atoms with Gasteiger partial charge in [0.05, 0.1) is 16.8 Å². The maximum absolute atomic E-state index is 11.9. The zero-order valence-corrected chi connectivity index (χ0v) is 28.5. The lowest BCUT2D eigenvalue weighted by Gasteiger charge is -2.21. The zero-order chi connectivity index (χ0) is 33.3. The number of nitrogens with two attached hydrogens (primary N) is 1. The van der Waals surface area contributed by atoms with Gasteiger partial charge in [0.25, 0.3) is 0 Å². The third kappa shape index (κ3) is 10.1. The van der Waals surface area contributed by atoms with E-state index in [1.165, 1.54) is 12.5 Å². The van der Waals surface area contributed by atoms with E-state index >= 15 is 0 Å². The van der Waals surface area contributed by atoms with Crippen LogP contribution in [-0.4, -0.2) is 23.3 Å². The Morgan fingerprint density at radius 3 is 2.22 bits per heavy atom. The fraction of sp³-hybridized carbons (Fsp3) is 0.206. The Bertz CT molecular complexity index is 1710. The number of carbonyl (C=O) groups is 2. The Morgan fingerprint density at radius 1 is 0.956 bits per heavy atom. The molecule has 4 rings (SSSR count). The molecule has 0 bridgehead atoms. The normalized spacial score (nSPS) is 11.0. The molecule has 0 aliphatic carbocycles. The van der Waals surface area contributed by atoms with Crippen molar-refractivity contribution in [3.63, 3.8) is 0 Å². The number of primary amides is 1. The monoisotopic (exact) mass is 685 g/mol. The molecule has 0 saturated carbocycles. The number of benzene rings is 3. The van der Waals surface area contributed by atoms with Crippen molar-refractivity contribution >= 4 is 75.1 Å². The molecule has 45 heavy (non-hydrogen) atoms. The molecule has 1 heterocycles. The van der Waals surface area contributed by atoms with Crippen LogP contribution >= 0.6 is 47.0 Å². The standard InChI is InChI=1S/C17H16Cl2N2O2.C17H18ClNO2S/c1-9-6-7-11(10(2)22)14(8-9)21-16(17(20)23)15-12(18)4-3-5-13(15)19;1-11(2)6-8-21-16-10-13(4-5-15(16)18)19-17(22)14-7-9-20-12(14)3/h3-8,16,21H,1-2H3,(H2,20,23);4-7,9-10H,8H2,1-3H3,(H,19,22). The predicted molar refractivity (Wildman–Crippen MR) is 188 cm³/mol. The lowest BCUT2D eigenvalue weighted by molar-refractivity contribution is -0.118. The summed E-state index contributed by atoms with van der Waals surface area (Å²) in [6.07, 6.45) is 3.62. The van der Waals surface area contributed by atoms with Crippen molar-refractivity contribution in [1.82, 2.24) is 0 Å². The second-order valence-electron chi connectivity index (χ2n) is 10.3. The summed E-state index contributed by atoms with van der Waals surface area (Å²) in [4.78, 5) is 24.3. The third-order valence-corrected chi connectivity index (χ3v) is 7.74. The molecule has 0 saturated heterocycles. The van der Waals surface area contributed by atoms with Crippen LogP contribution in [0.1, 0.15) is 59.6 Å². The first-order valence-corrected chi connectivity index (χ1v) is 15.3. The van der Waals surface area contributed by atoms with E-state index in [4.69, 9.17) is 61.9 Å². The first-order valence-electron chi connectivity index (χ1n) is 13.8. The highest BCUT2D eigenvalue weighted by molar-refractivity contribution is 7.81. The number of rotatable bonds is 10. The van der Waals surface area contributed by atoms with Crippen molar-refractivity contribution in [2.45, 2.75) is 40.7 Å². The Balaban J connectivity index is 0.000000246. The van der Waals surface area contributed by atoms with Crippen LogP contribution in [0, 0.1) is 13.8 Å². The lowest BCUT2D eigenvalue weighted by Crippen LogP contribution is -2.29. The highest BCUT2D eigenvalue weighted by Gasteiger charge is 2.24. The predicted octanol–water partition coefficient (Wildman–Crippen LogP) is 9.52. The van der Waals surface area contributed by atoms with Gasteiger partial charge in [0.15, 0.2) is 5.78 Å². The summed E-state index contributed by atoms with van der Waals surface area (Å²) < 4.78 is 10.9. The molecule has 4 aromatic rings. The van der Waals surface area contributed by atoms with Crippen LogP contribution < -0.4 is 21.1 Å². The summed E-state index contributed by atoms with van der Waals surface area (Å²) in [5.41, 5.74) is 10.7. The van der Waals surface area contributed by atoms with Gasteiger partial charge in [-0.05, 0) is 88.7 Å². The number of carbonyl (C=O) groups excluding carboxylic acids is 2. The Morgan fingerprint density at radius 2 is 1.64 bits per heavy atom. The minimum atomic E-state index is -0.948. The molecule has 0 radical (unpaired) electrons. The highest BCUT2D eigenvalue weighted by Crippen LogP contribution is 2.33. The van der Waals surface area contributed by atoms with E-state index in [1.807, 2.05) is 58.0 Å². The van der Waals surface area contributed by atoms with Crippen LogP contribution in [0.5, 0.6) is 5.75 Å². The van der Waals surface area contributed by atoms with E-state index in [2.05, 4.69) is 10.6 Å². The van der Waals surface area contributed by atoms with Gasteiger partial charge in [0.1, 0.15) is 29.1 Å². The molecule has 3 aromatic carbocycles. The fourth-order valence-electron chi connectivity index (χ4n) is 4.12. The molecule has 0 fully saturated rings. The van der Waals surface area contributed by atoms with Gasteiger partial charge in [-0.2, -0.15) is 0 Å². The van der Waals surface area contributed by atoms with Crippen LogP contribution in [0.2, 0.25) is 15.1 Å². The minimum absolute atomic E-state index is 0.124. The van der Waals surface area contributed by atoms with Crippen molar-refractivity contribution in [3.05, 3.63) is 122 Å². The molecular weight excluding hydrogens is 653 g/mol. The number of hydrogen-bond acceptors (Lipinski definition) is 6. The fourth-order valence-corrected chi connectivity index (χ4v) is 5.24. The van der Waals surface area contributed by atoms with Crippen LogP contribution in [0.15, 0.2) is 83.0 Å². The topological polar surface area (TPSA) is 107 Å². The third-order valence-electron chi connectivity index (χ3n) is 6.45. The number of hydrogen-bond donors (Lipinski definition) is 3. The number of ketones is 1. The van der Waals surface area contributed by atoms with E-state index in [0.29, 0.717) is 49.2 Å². The van der Waals surface area contributed by atoms with Crippen LogP contribution in [0.3, 0.4) is 0 Å². The molecule has 1 aromatic heterocycles. The molecule has 0 aliphatic heterocycles. The van der Waals surface area contributed by atoms with Gasteiger partial charge in [0, 0.05) is 38.6 Å². The van der Waals surface area contributed by atoms with Gasteiger partial charge in [0.2, 0.25) is 5.91 Å². The second kappa shape index (κ2) is 16.5. The average molecular weight is 687 g/mol. The van der Waals surface area contributed by atoms with Gasteiger partial charge in [-0.1, -0.05) is 64.7 Å². The molecule has 7 nitrogen and oxygen atoms in total. The lowest BCUT2D eigenvalue weighted by atomic mass is 10.0. The van der Waals surface area contributed by atoms with Crippen molar-refractivity contribution in [1.29, 1.82) is 0 Å². The number of Topliss-reactive ketones (excluding diaryl/α,β-unsaturated/α-hetero) is 1. The minimum Gasteiger partial charge on any atom is -0.488 e. The average Bonchev–Trinajstić information content (AvgIpc) is 3.40. The van der Waals surface area contributed by atoms with Crippen molar-refractivity contribution < 1.29 is 18.7 Å². The number of ether oxygens (including phenoxy) is 1. The summed E-state index contributed by atoms with van der Waals surface area (Å²) >= 11 is 23.9. The molecular formula is C34H34Cl3N3O4S. The molecule has 11 heteroatoms. The highest BCUT2D eigenvalue weighted by atomic mass is 35.5. The van der Waals surface area contributed by atoms with Gasteiger partial charge in [-0.25, -0.2) is 0 Å². The van der Waals surface area contributed by atoms with Crippen LogP contribution in [-0.2, 0) is 4.79 Å². The van der Waals surface area contributed by atoms with Gasteiger partial charge < -0.3 is 25.5 Å². The van der Waals surface area contributed by atoms with Crippen LogP contribution in [0.4, 0.5) is 11.4 Å². The number of nitrogens with one attached hydrogen (secondary N) is 2. The van der Waals surface area contributed by atoms with Crippen molar-refractivity contribution in [2.75, 3.05) is 17.2 Å². The molecule has 1 amide bonds. The van der Waals surface area contributed by atoms with E-state index in [0.717, 1.165) is 22.6 Å². The number of thiocarbonyl (C=S) groups is 1. The van der Waals surface area contributed by atoms with E-state index in [-0.39, 0.29) is 5.78 Å². The summed E-state index contributed by atoms with van der Waals surface area (Å²) in [6.45, 7) is 9.74. The zero-order valence-electron chi connectivity index (χ0n) is 25.5. The number of anilines is 2. The van der Waals surface area contributed by atoms with Gasteiger partial charge in [-0.15, -0.1) is 0 Å². The van der Waals surface area contributed by atoms with Crippen molar-refractivity contribution in [2.24, 2.45) is 5.73 Å². The smallest absolute Gasteiger partial charge is 0.244 e. The first kappa shape index (κ1) is 35.7. The number of aryl methyl sites for hydroxylation is 2. The molecule has 1 atom stereocenters. The Kier molecular flexibility index (Phi) is 13.1. The summed E-state index contributed by atoms with van der Waals surface area (Å²) in [5, 5.41) is 7.39. The SMILES string of the molecule is CC(=O)c1ccc(C)cc1NC(C(N)=O)c1c(Cl)cccc1Cl.CC(C)=CCOc1cc(NC(=S)c2ccoc2C)ccc1Cl. The maximum atomic E-state index is 11.9. The maximum Gasteiger partial charge on any atom is 0.244 e.